The Morgan fingerprint density at radius 1 is 1.64 bits per heavy atom. The monoisotopic (exact) mass is 199 g/mol. The predicted octanol–water partition coefficient (Wildman–Crippen LogP) is 0.112. The standard InChI is InChI=1S/C9H17N3O2/c1-7(10)12-6-4-2-3-5-8(11)9(13)14/h3,5,8H,2,4,6,11H2,1H3,(H2,10,12)(H,13,14)/b5-3-. The van der Waals surface area contributed by atoms with Crippen LogP contribution in [0.15, 0.2) is 17.1 Å². The fourth-order valence-corrected chi connectivity index (χ4v) is 0.790. The van der Waals surface area contributed by atoms with Gasteiger partial charge in [-0.25, -0.2) is 0 Å². The quantitative estimate of drug-likeness (QED) is 0.244. The lowest BCUT2D eigenvalue weighted by atomic mass is 10.2. The smallest absolute Gasteiger partial charge is 0.324 e. The van der Waals surface area contributed by atoms with Crippen molar-refractivity contribution in [2.24, 2.45) is 16.5 Å². The number of carboxylic acids is 1. The van der Waals surface area contributed by atoms with Gasteiger partial charge in [-0.3, -0.25) is 9.79 Å². The van der Waals surface area contributed by atoms with Crippen LogP contribution < -0.4 is 11.5 Å². The molecule has 0 radical (unpaired) electrons. The maximum Gasteiger partial charge on any atom is 0.324 e. The number of amidine groups is 1. The van der Waals surface area contributed by atoms with Crippen LogP contribution in [0.3, 0.4) is 0 Å². The Balaban J connectivity index is 3.54. The fourth-order valence-electron chi connectivity index (χ4n) is 0.790. The van der Waals surface area contributed by atoms with Gasteiger partial charge in [0.15, 0.2) is 0 Å². The number of allylic oxidation sites excluding steroid dienone is 1. The predicted molar refractivity (Wildman–Crippen MR) is 56.1 cm³/mol. The van der Waals surface area contributed by atoms with Gasteiger partial charge in [0.2, 0.25) is 0 Å². The second-order valence-electron chi connectivity index (χ2n) is 2.96. The molecule has 14 heavy (non-hydrogen) atoms. The fraction of sp³-hybridized carbons (Fsp3) is 0.556. The van der Waals surface area contributed by atoms with E-state index in [0.717, 1.165) is 12.8 Å². The molecule has 0 saturated carbocycles. The van der Waals surface area contributed by atoms with E-state index < -0.39 is 12.0 Å². The Bertz CT molecular complexity index is 232. The number of aliphatic carboxylic acids is 1. The first-order valence-corrected chi connectivity index (χ1v) is 4.45. The third-order valence-electron chi connectivity index (χ3n) is 1.52. The topological polar surface area (TPSA) is 102 Å². The molecule has 0 spiro atoms. The number of carboxylic acid groups (broad SMARTS) is 1. The summed E-state index contributed by atoms with van der Waals surface area (Å²) in [6.07, 6.45) is 4.83. The lowest BCUT2D eigenvalue weighted by Crippen LogP contribution is -2.27. The van der Waals surface area contributed by atoms with Gasteiger partial charge in [0, 0.05) is 6.54 Å². The zero-order valence-electron chi connectivity index (χ0n) is 8.31. The van der Waals surface area contributed by atoms with Crippen LogP contribution in [-0.2, 0) is 4.79 Å². The summed E-state index contributed by atoms with van der Waals surface area (Å²) in [6.45, 7) is 2.39. The lowest BCUT2D eigenvalue weighted by molar-refractivity contribution is -0.137. The van der Waals surface area contributed by atoms with Crippen molar-refractivity contribution < 1.29 is 9.90 Å². The van der Waals surface area contributed by atoms with Crippen LogP contribution in [0.5, 0.6) is 0 Å². The minimum atomic E-state index is -1.02. The molecule has 0 fully saturated rings. The van der Waals surface area contributed by atoms with Gasteiger partial charge in [-0.1, -0.05) is 12.2 Å². The van der Waals surface area contributed by atoms with Crippen LogP contribution >= 0.6 is 0 Å². The van der Waals surface area contributed by atoms with Crippen molar-refractivity contribution in [1.82, 2.24) is 0 Å². The molecule has 0 aliphatic rings. The molecule has 0 bridgehead atoms. The van der Waals surface area contributed by atoms with E-state index in [1.165, 1.54) is 6.08 Å². The number of hydrogen-bond acceptors (Lipinski definition) is 3. The molecule has 1 unspecified atom stereocenters. The van der Waals surface area contributed by atoms with E-state index in [1.807, 2.05) is 0 Å². The van der Waals surface area contributed by atoms with Crippen molar-refractivity contribution in [2.45, 2.75) is 25.8 Å². The molecule has 5 nitrogen and oxygen atoms in total. The second-order valence-corrected chi connectivity index (χ2v) is 2.96. The van der Waals surface area contributed by atoms with Crippen molar-refractivity contribution in [2.75, 3.05) is 6.54 Å². The van der Waals surface area contributed by atoms with E-state index in [4.69, 9.17) is 16.6 Å². The first kappa shape index (κ1) is 12.6. The molecule has 0 aromatic heterocycles. The molecule has 5 heteroatoms. The summed E-state index contributed by atoms with van der Waals surface area (Å²) in [5, 5.41) is 8.44. The lowest BCUT2D eigenvalue weighted by Gasteiger charge is -1.97. The third-order valence-corrected chi connectivity index (χ3v) is 1.52. The highest BCUT2D eigenvalue weighted by atomic mass is 16.4. The molecular weight excluding hydrogens is 182 g/mol. The van der Waals surface area contributed by atoms with Crippen molar-refractivity contribution in [3.63, 3.8) is 0 Å². The van der Waals surface area contributed by atoms with Crippen LogP contribution in [0.25, 0.3) is 0 Å². The van der Waals surface area contributed by atoms with E-state index in [1.54, 1.807) is 13.0 Å². The number of rotatable bonds is 6. The van der Waals surface area contributed by atoms with Crippen molar-refractivity contribution in [3.8, 4) is 0 Å². The van der Waals surface area contributed by atoms with Crippen molar-refractivity contribution in [3.05, 3.63) is 12.2 Å². The molecule has 0 amide bonds. The Morgan fingerprint density at radius 3 is 2.79 bits per heavy atom. The Kier molecular flexibility index (Phi) is 6.39. The van der Waals surface area contributed by atoms with Crippen LogP contribution in [0.4, 0.5) is 0 Å². The molecule has 0 aromatic carbocycles. The molecular formula is C9H17N3O2. The largest absolute Gasteiger partial charge is 0.480 e. The number of nitrogens with two attached hydrogens (primary N) is 2. The van der Waals surface area contributed by atoms with E-state index in [2.05, 4.69) is 4.99 Å². The molecule has 5 N–H and O–H groups in total. The summed E-state index contributed by atoms with van der Waals surface area (Å²) in [7, 11) is 0. The van der Waals surface area contributed by atoms with Gasteiger partial charge < -0.3 is 16.6 Å². The van der Waals surface area contributed by atoms with E-state index in [0.29, 0.717) is 12.4 Å². The maximum atomic E-state index is 10.3. The Hall–Kier alpha value is -1.36. The van der Waals surface area contributed by atoms with Gasteiger partial charge >= 0.3 is 5.97 Å². The van der Waals surface area contributed by atoms with E-state index in [9.17, 15) is 4.79 Å². The number of aliphatic imine (C=N–C) groups is 1. The number of unbranched alkanes of at least 4 members (excludes halogenated alkanes) is 1. The van der Waals surface area contributed by atoms with Crippen molar-refractivity contribution in [1.29, 1.82) is 0 Å². The first-order valence-electron chi connectivity index (χ1n) is 4.45. The van der Waals surface area contributed by atoms with Gasteiger partial charge in [0.25, 0.3) is 0 Å². The average molecular weight is 199 g/mol. The molecule has 0 aromatic rings. The van der Waals surface area contributed by atoms with Gasteiger partial charge in [-0.15, -0.1) is 0 Å². The minimum absolute atomic E-state index is 0.566. The Labute approximate surface area is 83.5 Å². The minimum Gasteiger partial charge on any atom is -0.480 e. The highest BCUT2D eigenvalue weighted by Crippen LogP contribution is 1.93. The normalized spacial score (nSPS) is 14.6. The zero-order chi connectivity index (χ0) is 11.0. The molecule has 80 valence electrons. The van der Waals surface area contributed by atoms with Crippen LogP contribution in [0.1, 0.15) is 19.8 Å². The van der Waals surface area contributed by atoms with Crippen LogP contribution in [-0.4, -0.2) is 29.5 Å². The van der Waals surface area contributed by atoms with Crippen LogP contribution in [0, 0.1) is 0 Å². The van der Waals surface area contributed by atoms with Gasteiger partial charge in [-0.2, -0.15) is 0 Å². The first-order chi connectivity index (χ1) is 6.54. The molecule has 0 rings (SSSR count). The molecule has 1 atom stereocenters. The molecule has 0 heterocycles. The number of carbonyl (C=O) groups is 1. The summed E-state index contributed by atoms with van der Waals surface area (Å²) in [5.74, 6) is -0.451. The summed E-state index contributed by atoms with van der Waals surface area (Å²) in [4.78, 5) is 14.3. The van der Waals surface area contributed by atoms with Gasteiger partial charge in [-0.05, 0) is 19.8 Å². The number of hydrogen-bond donors (Lipinski definition) is 3. The average Bonchev–Trinajstić information content (AvgIpc) is 2.09. The summed E-state index contributed by atoms with van der Waals surface area (Å²) < 4.78 is 0. The van der Waals surface area contributed by atoms with E-state index >= 15 is 0 Å². The summed E-state index contributed by atoms with van der Waals surface area (Å²) >= 11 is 0. The second kappa shape index (κ2) is 7.08. The van der Waals surface area contributed by atoms with Crippen molar-refractivity contribution >= 4 is 11.8 Å². The highest BCUT2D eigenvalue weighted by molar-refractivity contribution is 5.77. The van der Waals surface area contributed by atoms with Crippen LogP contribution in [0.2, 0.25) is 0 Å². The van der Waals surface area contributed by atoms with Gasteiger partial charge in [0.05, 0.1) is 5.84 Å². The van der Waals surface area contributed by atoms with E-state index in [-0.39, 0.29) is 0 Å². The molecule has 0 aliphatic heterocycles. The Morgan fingerprint density at radius 2 is 2.29 bits per heavy atom. The highest BCUT2D eigenvalue weighted by Gasteiger charge is 2.04. The molecule has 0 saturated heterocycles. The summed E-state index contributed by atoms with van der Waals surface area (Å²) in [5.41, 5.74) is 10.6. The molecule has 0 aliphatic carbocycles. The summed E-state index contributed by atoms with van der Waals surface area (Å²) in [6, 6.07) is -0.908. The van der Waals surface area contributed by atoms with Gasteiger partial charge in [0.1, 0.15) is 6.04 Å². The zero-order valence-corrected chi connectivity index (χ0v) is 8.31. The number of nitrogens with zero attached hydrogens (tertiary/aromatic N) is 1. The third kappa shape index (κ3) is 7.30. The maximum absolute atomic E-state index is 10.3. The SMILES string of the molecule is CC(N)=NCCC/C=C\C(N)C(=O)O.